The molecule has 0 radical (unpaired) electrons. The number of benzene rings is 2. The van der Waals surface area contributed by atoms with Gasteiger partial charge in [-0.1, -0.05) is 47.5 Å². The van der Waals surface area contributed by atoms with E-state index in [0.29, 0.717) is 10.0 Å². The highest BCUT2D eigenvalue weighted by molar-refractivity contribution is 6.34. The summed E-state index contributed by atoms with van der Waals surface area (Å²) >= 11 is 11.8. The third kappa shape index (κ3) is 2.09. The molecule has 0 unspecified atom stereocenters. The highest BCUT2D eigenvalue weighted by Crippen LogP contribution is 2.34. The molecule has 0 saturated heterocycles. The van der Waals surface area contributed by atoms with Crippen LogP contribution in [0.5, 0.6) is 5.75 Å². The first-order valence-corrected chi connectivity index (χ1v) is 5.17. The minimum absolute atomic E-state index is 0.0871. The van der Waals surface area contributed by atoms with Gasteiger partial charge in [0.2, 0.25) is 0 Å². The number of hydrogen-bond donors (Lipinski definition) is 1. The van der Waals surface area contributed by atoms with E-state index in [9.17, 15) is 5.11 Å². The van der Waals surface area contributed by atoms with Gasteiger partial charge in [-0.25, -0.2) is 0 Å². The van der Waals surface area contributed by atoms with E-state index >= 15 is 0 Å². The largest absolute Gasteiger partial charge is 0.506 e. The van der Waals surface area contributed by atoms with Gasteiger partial charge in [0.05, 0.1) is 5.02 Å². The molecule has 3 heteroatoms. The van der Waals surface area contributed by atoms with Crippen molar-refractivity contribution in [2.75, 3.05) is 0 Å². The molecule has 0 amide bonds. The molecule has 2 aromatic rings. The lowest BCUT2D eigenvalue weighted by molar-refractivity contribution is 0.476. The Hall–Kier alpha value is -1.18. The molecule has 1 N–H and O–H groups in total. The zero-order chi connectivity index (χ0) is 10.8. The van der Waals surface area contributed by atoms with E-state index in [1.54, 1.807) is 24.3 Å². The second-order valence-corrected chi connectivity index (χ2v) is 3.96. The molecule has 0 heterocycles. The standard InChI is InChI=1S/C12H8Cl2O/c13-9-6-4-8(5-7-9)10-2-1-3-11(15)12(10)14/h1-7,15H. The van der Waals surface area contributed by atoms with E-state index < -0.39 is 0 Å². The molecule has 0 aliphatic carbocycles. The van der Waals surface area contributed by atoms with Crippen LogP contribution in [0, 0.1) is 0 Å². The second-order valence-electron chi connectivity index (χ2n) is 3.15. The molecule has 0 aliphatic rings. The molecule has 1 nitrogen and oxygen atoms in total. The van der Waals surface area contributed by atoms with Crippen LogP contribution >= 0.6 is 23.2 Å². The highest BCUT2D eigenvalue weighted by atomic mass is 35.5. The van der Waals surface area contributed by atoms with Gasteiger partial charge in [0, 0.05) is 10.6 Å². The molecule has 0 spiro atoms. The molecule has 0 atom stereocenters. The zero-order valence-corrected chi connectivity index (χ0v) is 9.26. The Bertz CT molecular complexity index is 477. The van der Waals surface area contributed by atoms with Crippen molar-refractivity contribution < 1.29 is 5.11 Å². The molecular weight excluding hydrogens is 231 g/mol. The van der Waals surface area contributed by atoms with Crippen LogP contribution in [-0.2, 0) is 0 Å². The monoisotopic (exact) mass is 238 g/mol. The highest BCUT2D eigenvalue weighted by Gasteiger charge is 2.06. The SMILES string of the molecule is Oc1cccc(-c2ccc(Cl)cc2)c1Cl. The number of phenolic OH excluding ortho intramolecular Hbond substituents is 1. The summed E-state index contributed by atoms with van der Waals surface area (Å²) in [5, 5.41) is 10.5. The Labute approximate surface area is 97.9 Å². The van der Waals surface area contributed by atoms with Crippen LogP contribution < -0.4 is 0 Å². The van der Waals surface area contributed by atoms with Crippen molar-refractivity contribution in [1.82, 2.24) is 0 Å². The average Bonchev–Trinajstić information content (AvgIpc) is 2.24. The van der Waals surface area contributed by atoms with Crippen molar-refractivity contribution in [3.05, 3.63) is 52.5 Å². The summed E-state index contributed by atoms with van der Waals surface area (Å²) in [4.78, 5) is 0. The van der Waals surface area contributed by atoms with Crippen molar-refractivity contribution in [2.24, 2.45) is 0 Å². The van der Waals surface area contributed by atoms with Gasteiger partial charge in [0.15, 0.2) is 0 Å². The molecule has 0 bridgehead atoms. The van der Waals surface area contributed by atoms with Crippen molar-refractivity contribution in [1.29, 1.82) is 0 Å². The van der Waals surface area contributed by atoms with Crippen LogP contribution in [0.15, 0.2) is 42.5 Å². The molecule has 2 rings (SSSR count). The minimum atomic E-state index is 0.0871. The van der Waals surface area contributed by atoms with E-state index in [2.05, 4.69) is 0 Å². The maximum atomic E-state index is 9.46. The first-order valence-electron chi connectivity index (χ1n) is 4.42. The molecule has 76 valence electrons. The zero-order valence-electron chi connectivity index (χ0n) is 7.74. The van der Waals surface area contributed by atoms with Gasteiger partial charge in [-0.3, -0.25) is 0 Å². The Morgan fingerprint density at radius 1 is 0.867 bits per heavy atom. The fraction of sp³-hybridized carbons (Fsp3) is 0. The van der Waals surface area contributed by atoms with E-state index in [4.69, 9.17) is 23.2 Å². The molecule has 0 saturated carbocycles. The lowest BCUT2D eigenvalue weighted by atomic mass is 10.1. The number of hydrogen-bond acceptors (Lipinski definition) is 1. The van der Waals surface area contributed by atoms with Crippen LogP contribution in [0.2, 0.25) is 10.0 Å². The summed E-state index contributed by atoms with van der Waals surface area (Å²) < 4.78 is 0. The van der Waals surface area contributed by atoms with Crippen LogP contribution in [0.25, 0.3) is 11.1 Å². The lowest BCUT2D eigenvalue weighted by Gasteiger charge is -2.05. The van der Waals surface area contributed by atoms with Gasteiger partial charge < -0.3 is 5.11 Å². The summed E-state index contributed by atoms with van der Waals surface area (Å²) in [6.07, 6.45) is 0. The summed E-state index contributed by atoms with van der Waals surface area (Å²) in [6.45, 7) is 0. The molecule has 15 heavy (non-hydrogen) atoms. The predicted octanol–water partition coefficient (Wildman–Crippen LogP) is 4.37. The van der Waals surface area contributed by atoms with E-state index in [0.717, 1.165) is 11.1 Å². The Balaban J connectivity index is 2.54. The quantitative estimate of drug-likeness (QED) is 0.783. The Morgan fingerprint density at radius 3 is 2.20 bits per heavy atom. The predicted molar refractivity (Wildman–Crippen MR) is 63.6 cm³/mol. The van der Waals surface area contributed by atoms with Gasteiger partial charge in [0.25, 0.3) is 0 Å². The summed E-state index contributed by atoms with van der Waals surface area (Å²) in [5.41, 5.74) is 1.73. The molecule has 0 aliphatic heterocycles. The molecule has 2 aromatic carbocycles. The second kappa shape index (κ2) is 4.13. The van der Waals surface area contributed by atoms with E-state index in [-0.39, 0.29) is 5.75 Å². The first kappa shape index (κ1) is 10.3. The summed E-state index contributed by atoms with van der Waals surface area (Å²) in [7, 11) is 0. The van der Waals surface area contributed by atoms with Gasteiger partial charge >= 0.3 is 0 Å². The van der Waals surface area contributed by atoms with Crippen LogP contribution in [-0.4, -0.2) is 5.11 Å². The number of halogens is 2. The van der Waals surface area contributed by atoms with Crippen molar-refractivity contribution in [3.63, 3.8) is 0 Å². The van der Waals surface area contributed by atoms with Crippen molar-refractivity contribution in [3.8, 4) is 16.9 Å². The van der Waals surface area contributed by atoms with Crippen molar-refractivity contribution >= 4 is 23.2 Å². The van der Waals surface area contributed by atoms with Crippen LogP contribution in [0.3, 0.4) is 0 Å². The maximum Gasteiger partial charge on any atom is 0.134 e. The number of phenols is 1. The van der Waals surface area contributed by atoms with Crippen molar-refractivity contribution in [2.45, 2.75) is 0 Å². The topological polar surface area (TPSA) is 20.2 Å². The summed E-state index contributed by atoms with van der Waals surface area (Å²) in [6, 6.07) is 12.5. The van der Waals surface area contributed by atoms with Gasteiger partial charge in [-0.05, 0) is 23.8 Å². The normalized spacial score (nSPS) is 10.3. The summed E-state index contributed by atoms with van der Waals surface area (Å²) in [5.74, 6) is 0.0871. The Morgan fingerprint density at radius 2 is 1.53 bits per heavy atom. The molecular formula is C12H8Cl2O. The van der Waals surface area contributed by atoms with E-state index in [1.165, 1.54) is 0 Å². The lowest BCUT2D eigenvalue weighted by Crippen LogP contribution is -1.79. The van der Waals surface area contributed by atoms with Crippen LogP contribution in [0.1, 0.15) is 0 Å². The average molecular weight is 239 g/mol. The Kier molecular flexibility index (Phi) is 2.85. The fourth-order valence-electron chi connectivity index (χ4n) is 1.37. The molecule has 0 fully saturated rings. The van der Waals surface area contributed by atoms with Gasteiger partial charge in [-0.2, -0.15) is 0 Å². The third-order valence-electron chi connectivity index (χ3n) is 2.13. The fourth-order valence-corrected chi connectivity index (χ4v) is 1.73. The van der Waals surface area contributed by atoms with Gasteiger partial charge in [0.1, 0.15) is 5.75 Å². The molecule has 0 aromatic heterocycles. The van der Waals surface area contributed by atoms with Gasteiger partial charge in [-0.15, -0.1) is 0 Å². The van der Waals surface area contributed by atoms with E-state index in [1.807, 2.05) is 18.2 Å². The van der Waals surface area contributed by atoms with Crippen LogP contribution in [0.4, 0.5) is 0 Å². The minimum Gasteiger partial charge on any atom is -0.506 e. The smallest absolute Gasteiger partial charge is 0.134 e. The first-order chi connectivity index (χ1) is 7.18. The number of aromatic hydroxyl groups is 1. The number of rotatable bonds is 1. The third-order valence-corrected chi connectivity index (χ3v) is 2.78. The maximum absolute atomic E-state index is 9.46.